The van der Waals surface area contributed by atoms with Gasteiger partial charge in [-0.2, -0.15) is 0 Å². The van der Waals surface area contributed by atoms with E-state index in [2.05, 4.69) is 6.92 Å². The normalized spacial score (nSPS) is 16.7. The van der Waals surface area contributed by atoms with Gasteiger partial charge in [0, 0.05) is 19.5 Å². The van der Waals surface area contributed by atoms with Crippen molar-refractivity contribution < 1.29 is 14.3 Å². The van der Waals surface area contributed by atoms with Crippen LogP contribution in [0.4, 0.5) is 0 Å². The fourth-order valence-corrected chi connectivity index (χ4v) is 2.48. The number of rotatable bonds is 6. The largest absolute Gasteiger partial charge is 0.466 e. The molecule has 0 bridgehead atoms. The molecule has 0 N–H and O–H groups in total. The molecule has 0 atom stereocenters. The van der Waals surface area contributed by atoms with Crippen LogP contribution in [0.15, 0.2) is 0 Å². The minimum Gasteiger partial charge on any atom is -0.466 e. The molecule has 18 heavy (non-hydrogen) atoms. The quantitative estimate of drug-likeness (QED) is 0.685. The molecule has 4 heteroatoms. The molecule has 0 aromatic rings. The summed E-state index contributed by atoms with van der Waals surface area (Å²) in [7, 11) is 0. The Morgan fingerprint density at radius 1 is 1.17 bits per heavy atom. The number of carbonyl (C=O) groups is 2. The van der Waals surface area contributed by atoms with Gasteiger partial charge in [-0.3, -0.25) is 9.59 Å². The molecule has 1 amide bonds. The van der Waals surface area contributed by atoms with Crippen molar-refractivity contribution in [2.45, 2.75) is 52.4 Å². The van der Waals surface area contributed by atoms with Crippen LogP contribution in [0.25, 0.3) is 0 Å². The molecule has 0 unspecified atom stereocenters. The van der Waals surface area contributed by atoms with E-state index >= 15 is 0 Å². The van der Waals surface area contributed by atoms with E-state index in [0.29, 0.717) is 6.61 Å². The molecule has 104 valence electrons. The summed E-state index contributed by atoms with van der Waals surface area (Å²) in [5, 5.41) is 0. The van der Waals surface area contributed by atoms with Crippen molar-refractivity contribution in [1.82, 2.24) is 4.90 Å². The van der Waals surface area contributed by atoms with Gasteiger partial charge in [-0.1, -0.05) is 19.8 Å². The minimum absolute atomic E-state index is 0.0954. The molecule has 1 saturated heterocycles. The number of carbonyl (C=O) groups excluding carboxylic acids is 2. The van der Waals surface area contributed by atoms with E-state index in [4.69, 9.17) is 4.74 Å². The van der Waals surface area contributed by atoms with Crippen molar-refractivity contribution in [2.75, 3.05) is 19.7 Å². The predicted molar refractivity (Wildman–Crippen MR) is 70.1 cm³/mol. The second-order valence-corrected chi connectivity index (χ2v) is 4.92. The summed E-state index contributed by atoms with van der Waals surface area (Å²) in [5.41, 5.74) is 0. The molecule has 1 aliphatic heterocycles. The zero-order valence-corrected chi connectivity index (χ0v) is 11.6. The van der Waals surface area contributed by atoms with E-state index < -0.39 is 0 Å². The lowest BCUT2D eigenvalue weighted by Gasteiger charge is -2.32. The van der Waals surface area contributed by atoms with E-state index in [1.54, 1.807) is 6.92 Å². The lowest BCUT2D eigenvalue weighted by molar-refractivity contribution is -0.146. The highest BCUT2D eigenvalue weighted by Gasteiger charge is 2.22. The zero-order chi connectivity index (χ0) is 13.4. The molecule has 0 aromatic heterocycles. The second-order valence-electron chi connectivity index (χ2n) is 4.92. The summed E-state index contributed by atoms with van der Waals surface area (Å²) in [6, 6.07) is 0. The Hall–Kier alpha value is -1.06. The number of nitrogens with zero attached hydrogens (tertiary/aromatic N) is 1. The van der Waals surface area contributed by atoms with Gasteiger partial charge in [-0.25, -0.2) is 0 Å². The molecule has 1 rings (SSSR count). The van der Waals surface area contributed by atoms with Crippen LogP contribution in [0, 0.1) is 5.92 Å². The molecule has 4 nitrogen and oxygen atoms in total. The van der Waals surface area contributed by atoms with Crippen molar-refractivity contribution in [3.63, 3.8) is 0 Å². The monoisotopic (exact) mass is 255 g/mol. The molecular formula is C14H25NO3. The number of esters is 1. The Kier molecular flexibility index (Phi) is 6.76. The fourth-order valence-electron chi connectivity index (χ4n) is 2.48. The average molecular weight is 255 g/mol. The van der Waals surface area contributed by atoms with Gasteiger partial charge in [0.15, 0.2) is 0 Å². The number of likely N-dealkylation sites (tertiary alicyclic amines) is 1. The highest BCUT2D eigenvalue weighted by molar-refractivity contribution is 5.81. The van der Waals surface area contributed by atoms with Gasteiger partial charge in [-0.15, -0.1) is 0 Å². The third-order valence-corrected chi connectivity index (χ3v) is 3.51. The third kappa shape index (κ3) is 5.07. The average Bonchev–Trinajstić information content (AvgIpc) is 2.37. The third-order valence-electron chi connectivity index (χ3n) is 3.51. The summed E-state index contributed by atoms with van der Waals surface area (Å²) in [4.78, 5) is 25.0. The van der Waals surface area contributed by atoms with Crippen LogP contribution in [-0.2, 0) is 14.3 Å². The number of amides is 1. The maximum absolute atomic E-state index is 11.9. The van der Waals surface area contributed by atoms with Crippen LogP contribution in [0.1, 0.15) is 52.4 Å². The first-order chi connectivity index (χ1) is 8.67. The first-order valence-electron chi connectivity index (χ1n) is 7.10. The molecule has 0 aromatic carbocycles. The van der Waals surface area contributed by atoms with Gasteiger partial charge in [-0.05, 0) is 25.7 Å². The number of piperidine rings is 1. The van der Waals surface area contributed by atoms with Gasteiger partial charge >= 0.3 is 5.97 Å². The molecular weight excluding hydrogens is 230 g/mol. The van der Waals surface area contributed by atoms with Gasteiger partial charge < -0.3 is 9.64 Å². The summed E-state index contributed by atoms with van der Waals surface area (Å²) in [6.07, 6.45) is 5.21. The molecule has 1 heterocycles. The van der Waals surface area contributed by atoms with Crippen LogP contribution in [0.2, 0.25) is 0 Å². The molecule has 1 aliphatic rings. The summed E-state index contributed by atoms with van der Waals surface area (Å²) < 4.78 is 4.82. The summed E-state index contributed by atoms with van der Waals surface area (Å²) in [5.74, 6) is 0.605. The van der Waals surface area contributed by atoms with E-state index in [9.17, 15) is 9.59 Å². The SMILES string of the molecule is CCCC1CCN(C(=O)CCC(=O)OCC)CC1. The van der Waals surface area contributed by atoms with Crippen molar-refractivity contribution in [3.05, 3.63) is 0 Å². The van der Waals surface area contributed by atoms with Crippen LogP contribution >= 0.6 is 0 Å². The topological polar surface area (TPSA) is 46.6 Å². The van der Waals surface area contributed by atoms with Gasteiger partial charge in [0.2, 0.25) is 5.91 Å². The van der Waals surface area contributed by atoms with Crippen molar-refractivity contribution >= 4 is 11.9 Å². The maximum Gasteiger partial charge on any atom is 0.306 e. The Bertz CT molecular complexity index is 270. The van der Waals surface area contributed by atoms with E-state index in [-0.39, 0.29) is 24.7 Å². The van der Waals surface area contributed by atoms with Crippen molar-refractivity contribution in [2.24, 2.45) is 5.92 Å². The highest BCUT2D eigenvalue weighted by atomic mass is 16.5. The number of ether oxygens (including phenoxy) is 1. The van der Waals surface area contributed by atoms with E-state index in [1.807, 2.05) is 4.90 Å². The van der Waals surface area contributed by atoms with E-state index in [0.717, 1.165) is 31.8 Å². The smallest absolute Gasteiger partial charge is 0.306 e. The van der Waals surface area contributed by atoms with Gasteiger partial charge in [0.1, 0.15) is 0 Å². The molecule has 1 fully saturated rings. The maximum atomic E-state index is 11.9. The highest BCUT2D eigenvalue weighted by Crippen LogP contribution is 2.22. The zero-order valence-electron chi connectivity index (χ0n) is 11.6. The van der Waals surface area contributed by atoms with Crippen molar-refractivity contribution in [3.8, 4) is 0 Å². The molecule has 0 saturated carbocycles. The number of hydrogen-bond donors (Lipinski definition) is 0. The Balaban J connectivity index is 2.21. The van der Waals surface area contributed by atoms with Crippen LogP contribution < -0.4 is 0 Å². The first kappa shape index (κ1) is 15.0. The van der Waals surface area contributed by atoms with Crippen LogP contribution in [0.3, 0.4) is 0 Å². The Labute approximate surface area is 110 Å². The second kappa shape index (κ2) is 8.11. The molecule has 0 spiro atoms. The minimum atomic E-state index is -0.272. The predicted octanol–water partition coefficient (Wildman–Crippen LogP) is 2.37. The van der Waals surface area contributed by atoms with E-state index in [1.165, 1.54) is 12.8 Å². The van der Waals surface area contributed by atoms with Crippen molar-refractivity contribution in [1.29, 1.82) is 0 Å². The fraction of sp³-hybridized carbons (Fsp3) is 0.857. The summed E-state index contributed by atoms with van der Waals surface area (Å²) in [6.45, 7) is 6.07. The molecule has 0 aliphatic carbocycles. The summed E-state index contributed by atoms with van der Waals surface area (Å²) >= 11 is 0. The lowest BCUT2D eigenvalue weighted by Crippen LogP contribution is -2.38. The Morgan fingerprint density at radius 2 is 1.83 bits per heavy atom. The first-order valence-corrected chi connectivity index (χ1v) is 7.10. The molecule has 0 radical (unpaired) electrons. The van der Waals surface area contributed by atoms with Crippen LogP contribution in [-0.4, -0.2) is 36.5 Å². The Morgan fingerprint density at radius 3 is 2.39 bits per heavy atom. The number of hydrogen-bond acceptors (Lipinski definition) is 3. The van der Waals surface area contributed by atoms with Gasteiger partial charge in [0.25, 0.3) is 0 Å². The standard InChI is InChI=1S/C14H25NO3/c1-3-5-12-8-10-15(11-9-12)13(16)6-7-14(17)18-4-2/h12H,3-11H2,1-2H3. The lowest BCUT2D eigenvalue weighted by atomic mass is 9.92. The van der Waals surface area contributed by atoms with Crippen LogP contribution in [0.5, 0.6) is 0 Å². The van der Waals surface area contributed by atoms with Gasteiger partial charge in [0.05, 0.1) is 13.0 Å².